The fraction of sp³-hybridized carbons (Fsp3) is 0.286. The fourth-order valence-electron chi connectivity index (χ4n) is 0.831. The zero-order valence-electron chi connectivity index (χ0n) is 8.39. The van der Waals surface area contributed by atoms with E-state index in [1.165, 1.54) is 0 Å². The average Bonchev–Trinajstić information content (AvgIpc) is 2.09. The van der Waals surface area contributed by atoms with Gasteiger partial charge in [0, 0.05) is 12.2 Å². The van der Waals surface area contributed by atoms with E-state index in [9.17, 15) is 18.9 Å². The lowest BCUT2D eigenvalue weighted by Gasteiger charge is -2.19. The highest BCUT2D eigenvalue weighted by Gasteiger charge is 2.24. The van der Waals surface area contributed by atoms with Gasteiger partial charge in [-0.3, -0.25) is 14.2 Å². The zero-order valence-corrected chi connectivity index (χ0v) is 9.28. The van der Waals surface area contributed by atoms with E-state index in [4.69, 9.17) is 20.0 Å². The number of carbonyl (C=O) groups excluding carboxylic acids is 1. The van der Waals surface area contributed by atoms with Crippen LogP contribution < -0.4 is 0 Å². The van der Waals surface area contributed by atoms with E-state index in [1.54, 1.807) is 0 Å². The number of nitrogens with zero attached hydrogens (tertiary/aromatic N) is 1. The number of hydrogen-bond donors (Lipinski definition) is 4. The maximum Gasteiger partial charge on any atom is 0.344 e. The van der Waals surface area contributed by atoms with E-state index in [0.717, 1.165) is 0 Å². The molecule has 0 aliphatic rings. The predicted octanol–water partition coefficient (Wildman–Crippen LogP) is -1.32. The second kappa shape index (κ2) is 6.14. The van der Waals surface area contributed by atoms with Crippen LogP contribution in [0, 0.1) is 0 Å². The number of carboxylic acid groups (broad SMARTS) is 2. The standard InChI is InChI=1S/C7H10NO8P/c9-5(1-2-6(10)11)8(3-7(12)13)4-17(14,15)16/h1-2H,3-4H2,(H,10,11)(H,12,13)(H2,14,15,16)/b2-1-. The molecule has 10 heteroatoms. The molecule has 0 heterocycles. The Morgan fingerprint density at radius 2 is 1.65 bits per heavy atom. The van der Waals surface area contributed by atoms with Gasteiger partial charge < -0.3 is 24.9 Å². The van der Waals surface area contributed by atoms with E-state index in [1.807, 2.05) is 0 Å². The average molecular weight is 267 g/mol. The van der Waals surface area contributed by atoms with Gasteiger partial charge >= 0.3 is 19.5 Å². The smallest absolute Gasteiger partial charge is 0.344 e. The van der Waals surface area contributed by atoms with Gasteiger partial charge in [-0.2, -0.15) is 0 Å². The second-order valence-electron chi connectivity index (χ2n) is 2.91. The Kier molecular flexibility index (Phi) is 5.52. The first-order valence-electron chi connectivity index (χ1n) is 4.08. The van der Waals surface area contributed by atoms with Crippen LogP contribution in [0.2, 0.25) is 0 Å². The lowest BCUT2D eigenvalue weighted by atomic mass is 10.4. The largest absolute Gasteiger partial charge is 0.480 e. The van der Waals surface area contributed by atoms with Crippen molar-refractivity contribution in [2.75, 3.05) is 12.8 Å². The first-order chi connectivity index (χ1) is 7.61. The quantitative estimate of drug-likeness (QED) is 0.341. The van der Waals surface area contributed by atoms with Crippen LogP contribution in [0.5, 0.6) is 0 Å². The Bertz CT molecular complexity index is 397. The van der Waals surface area contributed by atoms with Crippen LogP contribution in [-0.4, -0.2) is 55.6 Å². The molecule has 0 aromatic carbocycles. The molecule has 0 saturated heterocycles. The maximum absolute atomic E-state index is 11.2. The number of carbonyl (C=O) groups is 3. The highest BCUT2D eigenvalue weighted by atomic mass is 31.2. The van der Waals surface area contributed by atoms with Crippen molar-refractivity contribution in [2.24, 2.45) is 0 Å². The molecule has 96 valence electrons. The van der Waals surface area contributed by atoms with E-state index < -0.39 is 38.3 Å². The summed E-state index contributed by atoms with van der Waals surface area (Å²) in [7, 11) is -4.62. The topological polar surface area (TPSA) is 152 Å². The summed E-state index contributed by atoms with van der Waals surface area (Å²) in [4.78, 5) is 49.2. The van der Waals surface area contributed by atoms with Gasteiger partial charge in [0.25, 0.3) is 0 Å². The Balaban J connectivity index is 4.79. The summed E-state index contributed by atoms with van der Waals surface area (Å²) in [6.07, 6.45) is -0.139. The molecule has 0 aromatic heterocycles. The highest BCUT2D eigenvalue weighted by molar-refractivity contribution is 7.51. The summed E-state index contributed by atoms with van der Waals surface area (Å²) in [6.45, 7) is -0.937. The van der Waals surface area contributed by atoms with Crippen molar-refractivity contribution in [3.05, 3.63) is 12.2 Å². The Morgan fingerprint density at radius 3 is 2.00 bits per heavy atom. The van der Waals surface area contributed by atoms with Crippen LogP contribution >= 0.6 is 7.60 Å². The molecule has 0 atom stereocenters. The van der Waals surface area contributed by atoms with Crippen molar-refractivity contribution in [3.8, 4) is 0 Å². The van der Waals surface area contributed by atoms with Gasteiger partial charge in [-0.05, 0) is 0 Å². The van der Waals surface area contributed by atoms with Crippen molar-refractivity contribution < 1.29 is 38.9 Å². The van der Waals surface area contributed by atoms with Gasteiger partial charge in [-0.1, -0.05) is 0 Å². The minimum Gasteiger partial charge on any atom is -0.480 e. The van der Waals surface area contributed by atoms with Crippen LogP contribution in [0.4, 0.5) is 0 Å². The molecule has 0 fully saturated rings. The second-order valence-corrected chi connectivity index (χ2v) is 4.52. The first kappa shape index (κ1) is 15.3. The maximum atomic E-state index is 11.2. The molecule has 0 spiro atoms. The monoisotopic (exact) mass is 267 g/mol. The summed E-state index contributed by atoms with van der Waals surface area (Å²) < 4.78 is 10.6. The third-order valence-electron chi connectivity index (χ3n) is 1.36. The summed E-state index contributed by atoms with van der Waals surface area (Å²) >= 11 is 0. The van der Waals surface area contributed by atoms with Crippen LogP contribution in [0.3, 0.4) is 0 Å². The Labute approximate surface area is 95.1 Å². The van der Waals surface area contributed by atoms with Gasteiger partial charge in [0.15, 0.2) is 0 Å². The van der Waals surface area contributed by atoms with Crippen LogP contribution in [0.1, 0.15) is 0 Å². The zero-order chi connectivity index (χ0) is 13.6. The summed E-state index contributed by atoms with van der Waals surface area (Å²) in [5.74, 6) is -4.03. The number of rotatable bonds is 6. The Morgan fingerprint density at radius 1 is 1.12 bits per heavy atom. The van der Waals surface area contributed by atoms with E-state index in [-0.39, 0.29) is 0 Å². The molecule has 4 N–H and O–H groups in total. The highest BCUT2D eigenvalue weighted by Crippen LogP contribution is 2.35. The van der Waals surface area contributed by atoms with Gasteiger partial charge in [0.1, 0.15) is 12.8 Å². The predicted molar refractivity (Wildman–Crippen MR) is 53.0 cm³/mol. The minimum absolute atomic E-state index is 0.336. The molecule has 0 saturated carbocycles. The van der Waals surface area contributed by atoms with Crippen LogP contribution in [0.25, 0.3) is 0 Å². The fourth-order valence-corrected chi connectivity index (χ4v) is 1.52. The normalized spacial score (nSPS) is 11.4. The molecule has 0 aliphatic heterocycles. The number of carboxylic acids is 2. The minimum atomic E-state index is -4.62. The SMILES string of the molecule is O=C(O)/C=C\C(=O)N(CC(=O)O)CP(=O)(O)O. The molecule has 0 radical (unpaired) electrons. The molecule has 0 bridgehead atoms. The number of hydrogen-bond acceptors (Lipinski definition) is 4. The molecule has 1 amide bonds. The third-order valence-corrected chi connectivity index (χ3v) is 2.07. The number of amides is 1. The summed E-state index contributed by atoms with van der Waals surface area (Å²) in [6, 6.07) is 0. The molecular formula is C7H10NO8P. The molecule has 0 unspecified atom stereocenters. The summed E-state index contributed by atoms with van der Waals surface area (Å²) in [5, 5.41) is 16.7. The van der Waals surface area contributed by atoms with Crippen molar-refractivity contribution in [3.63, 3.8) is 0 Å². The third kappa shape index (κ3) is 8.14. The lowest BCUT2D eigenvalue weighted by Crippen LogP contribution is -2.35. The molecule has 17 heavy (non-hydrogen) atoms. The molecule has 9 nitrogen and oxygen atoms in total. The lowest BCUT2D eigenvalue weighted by molar-refractivity contribution is -0.142. The van der Waals surface area contributed by atoms with E-state index in [2.05, 4.69) is 0 Å². The molecule has 0 aliphatic carbocycles. The first-order valence-corrected chi connectivity index (χ1v) is 5.88. The summed E-state index contributed by atoms with van der Waals surface area (Å²) in [5.41, 5.74) is 0. The van der Waals surface area contributed by atoms with Crippen molar-refractivity contribution >= 4 is 25.4 Å². The van der Waals surface area contributed by atoms with E-state index in [0.29, 0.717) is 17.1 Å². The van der Waals surface area contributed by atoms with Gasteiger partial charge in [-0.15, -0.1) is 0 Å². The van der Waals surface area contributed by atoms with Crippen molar-refractivity contribution in [2.45, 2.75) is 0 Å². The van der Waals surface area contributed by atoms with Crippen LogP contribution in [-0.2, 0) is 18.9 Å². The van der Waals surface area contributed by atoms with Gasteiger partial charge in [-0.25, -0.2) is 4.79 Å². The van der Waals surface area contributed by atoms with E-state index >= 15 is 0 Å². The van der Waals surface area contributed by atoms with Gasteiger partial charge in [0.05, 0.1) is 0 Å². The number of aliphatic carboxylic acids is 2. The molecule has 0 rings (SSSR count). The Hall–Kier alpha value is -1.70. The molecular weight excluding hydrogens is 257 g/mol. The van der Waals surface area contributed by atoms with Crippen LogP contribution in [0.15, 0.2) is 12.2 Å². The van der Waals surface area contributed by atoms with Gasteiger partial charge in [0.2, 0.25) is 5.91 Å². The molecule has 0 aromatic rings. The van der Waals surface area contributed by atoms with Crippen molar-refractivity contribution in [1.82, 2.24) is 4.90 Å². The van der Waals surface area contributed by atoms with Crippen molar-refractivity contribution in [1.29, 1.82) is 0 Å².